The maximum absolute atomic E-state index is 11.1. The zero-order valence-corrected chi connectivity index (χ0v) is 17.2. The summed E-state index contributed by atoms with van der Waals surface area (Å²) in [4.78, 5) is 4.51. The predicted molar refractivity (Wildman–Crippen MR) is 116 cm³/mol. The van der Waals surface area contributed by atoms with E-state index in [4.69, 9.17) is 16.1 Å². The van der Waals surface area contributed by atoms with Crippen LogP contribution in [0.25, 0.3) is 34.0 Å². The molecule has 0 amide bonds. The lowest BCUT2D eigenvalue weighted by atomic mass is 9.83. The van der Waals surface area contributed by atoms with Gasteiger partial charge in [0.15, 0.2) is 0 Å². The molecule has 0 bridgehead atoms. The van der Waals surface area contributed by atoms with Crippen LogP contribution in [0.5, 0.6) is 5.75 Å². The number of aromatic hydroxyl groups is 1. The summed E-state index contributed by atoms with van der Waals surface area (Å²) in [5, 5.41) is 15.7. The number of phenols is 1. The highest BCUT2D eigenvalue weighted by Gasteiger charge is 2.23. The van der Waals surface area contributed by atoms with E-state index in [2.05, 4.69) is 30.9 Å². The van der Waals surface area contributed by atoms with E-state index in [1.807, 2.05) is 60.7 Å². The van der Waals surface area contributed by atoms with Crippen LogP contribution >= 0.6 is 11.6 Å². The van der Waals surface area contributed by atoms with Gasteiger partial charge in [-0.25, -0.2) is 0 Å². The van der Waals surface area contributed by atoms with Crippen LogP contribution in [0.15, 0.2) is 71.3 Å². The number of phenolic OH excluding ortho intramolecular Hbond substituents is 1. The highest BCUT2D eigenvalue weighted by atomic mass is 35.5. The molecule has 1 aromatic heterocycles. The number of nitrogens with zero attached hydrogens (tertiary/aromatic N) is 2. The summed E-state index contributed by atoms with van der Waals surface area (Å²) in [6.45, 7) is 6.38. The standard InChI is InChI=1S/C24H21ClN2O2/c1-24(2,3)16-13-18(15-9-5-4-6-10-15)21(28)19(14-16)22-26-23(29-27-22)17-11-7-8-12-20(17)25/h4-14,28H,1-3H3. The molecule has 4 aromatic rings. The number of rotatable bonds is 3. The maximum Gasteiger partial charge on any atom is 0.259 e. The third-order valence-electron chi connectivity index (χ3n) is 4.83. The van der Waals surface area contributed by atoms with Gasteiger partial charge in [-0.1, -0.05) is 80.0 Å². The molecule has 4 rings (SSSR count). The van der Waals surface area contributed by atoms with Crippen molar-refractivity contribution in [2.45, 2.75) is 26.2 Å². The average molecular weight is 405 g/mol. The molecule has 0 aliphatic carbocycles. The quantitative estimate of drug-likeness (QED) is 0.411. The van der Waals surface area contributed by atoms with Crippen molar-refractivity contribution in [1.29, 1.82) is 0 Å². The monoisotopic (exact) mass is 404 g/mol. The summed E-state index contributed by atoms with van der Waals surface area (Å²) >= 11 is 6.26. The van der Waals surface area contributed by atoms with E-state index < -0.39 is 0 Å². The van der Waals surface area contributed by atoms with Crippen molar-refractivity contribution in [3.8, 4) is 39.7 Å². The van der Waals surface area contributed by atoms with E-state index in [1.54, 1.807) is 6.07 Å². The van der Waals surface area contributed by atoms with E-state index >= 15 is 0 Å². The van der Waals surface area contributed by atoms with Crippen LogP contribution < -0.4 is 0 Å². The van der Waals surface area contributed by atoms with Crippen molar-refractivity contribution in [2.24, 2.45) is 0 Å². The molecule has 146 valence electrons. The molecule has 0 aliphatic heterocycles. The second-order valence-electron chi connectivity index (χ2n) is 7.94. The van der Waals surface area contributed by atoms with Crippen LogP contribution in [0.1, 0.15) is 26.3 Å². The molecule has 1 heterocycles. The predicted octanol–water partition coefficient (Wildman–Crippen LogP) is 6.73. The lowest BCUT2D eigenvalue weighted by Gasteiger charge is -2.22. The van der Waals surface area contributed by atoms with Crippen molar-refractivity contribution in [3.63, 3.8) is 0 Å². The van der Waals surface area contributed by atoms with Crippen LogP contribution in [-0.4, -0.2) is 15.2 Å². The highest BCUT2D eigenvalue weighted by molar-refractivity contribution is 6.33. The molecule has 0 saturated heterocycles. The third-order valence-corrected chi connectivity index (χ3v) is 5.16. The molecular formula is C24H21ClN2O2. The first-order valence-electron chi connectivity index (χ1n) is 9.36. The van der Waals surface area contributed by atoms with E-state index in [9.17, 15) is 5.11 Å². The molecule has 29 heavy (non-hydrogen) atoms. The van der Waals surface area contributed by atoms with Gasteiger partial charge in [0, 0.05) is 5.56 Å². The summed E-state index contributed by atoms with van der Waals surface area (Å²) in [6.07, 6.45) is 0. The zero-order chi connectivity index (χ0) is 20.6. The van der Waals surface area contributed by atoms with Gasteiger partial charge in [0.05, 0.1) is 16.1 Å². The lowest BCUT2D eigenvalue weighted by molar-refractivity contribution is 0.431. The van der Waals surface area contributed by atoms with Crippen LogP contribution in [0, 0.1) is 0 Å². The molecule has 0 atom stereocenters. The third kappa shape index (κ3) is 3.76. The second-order valence-corrected chi connectivity index (χ2v) is 8.35. The Morgan fingerprint density at radius 1 is 0.862 bits per heavy atom. The van der Waals surface area contributed by atoms with Crippen LogP contribution in [-0.2, 0) is 5.41 Å². The molecule has 5 heteroatoms. The first-order chi connectivity index (χ1) is 13.8. The minimum atomic E-state index is -0.124. The SMILES string of the molecule is CC(C)(C)c1cc(-c2ccccc2)c(O)c(-c2noc(-c3ccccc3Cl)n2)c1. The van der Waals surface area contributed by atoms with Gasteiger partial charge in [-0.3, -0.25) is 0 Å². The Labute approximate surface area is 174 Å². The van der Waals surface area contributed by atoms with Gasteiger partial charge in [-0.05, 0) is 40.8 Å². The van der Waals surface area contributed by atoms with Crippen molar-refractivity contribution in [3.05, 3.63) is 77.3 Å². The Kier molecular flexibility index (Phi) is 4.89. The average Bonchev–Trinajstić information content (AvgIpc) is 3.18. The van der Waals surface area contributed by atoms with Gasteiger partial charge >= 0.3 is 0 Å². The van der Waals surface area contributed by atoms with E-state index in [0.29, 0.717) is 27.9 Å². The van der Waals surface area contributed by atoms with E-state index in [1.165, 1.54) is 0 Å². The molecular weight excluding hydrogens is 384 g/mol. The molecule has 3 aromatic carbocycles. The number of aromatic nitrogens is 2. The second kappa shape index (κ2) is 7.37. The number of benzene rings is 3. The summed E-state index contributed by atoms with van der Waals surface area (Å²) in [6, 6.07) is 21.0. The van der Waals surface area contributed by atoms with Gasteiger partial charge in [-0.15, -0.1) is 0 Å². The Morgan fingerprint density at radius 2 is 1.52 bits per heavy atom. The molecule has 4 nitrogen and oxygen atoms in total. The summed E-state index contributed by atoms with van der Waals surface area (Å²) in [5.74, 6) is 0.754. The molecule has 0 radical (unpaired) electrons. The van der Waals surface area contributed by atoms with Crippen molar-refractivity contribution < 1.29 is 9.63 Å². The van der Waals surface area contributed by atoms with Crippen LogP contribution in [0.2, 0.25) is 5.02 Å². The Hall–Kier alpha value is -3.11. The first-order valence-corrected chi connectivity index (χ1v) is 9.74. The van der Waals surface area contributed by atoms with Crippen molar-refractivity contribution >= 4 is 11.6 Å². The minimum absolute atomic E-state index is 0.121. The van der Waals surface area contributed by atoms with Gasteiger partial charge < -0.3 is 9.63 Å². The van der Waals surface area contributed by atoms with Gasteiger partial charge in [0.25, 0.3) is 5.89 Å². The Balaban J connectivity index is 1.89. The molecule has 0 spiro atoms. The Bertz CT molecular complexity index is 1160. The van der Waals surface area contributed by atoms with Gasteiger partial charge in [0.2, 0.25) is 5.82 Å². The minimum Gasteiger partial charge on any atom is -0.507 e. The lowest BCUT2D eigenvalue weighted by Crippen LogP contribution is -2.11. The topological polar surface area (TPSA) is 59.2 Å². The smallest absolute Gasteiger partial charge is 0.259 e. The molecule has 1 N–H and O–H groups in total. The fourth-order valence-corrected chi connectivity index (χ4v) is 3.37. The Morgan fingerprint density at radius 3 is 2.21 bits per heavy atom. The molecule has 0 saturated carbocycles. The fourth-order valence-electron chi connectivity index (χ4n) is 3.15. The van der Waals surface area contributed by atoms with Crippen molar-refractivity contribution in [1.82, 2.24) is 10.1 Å². The maximum atomic E-state index is 11.1. The summed E-state index contributed by atoms with van der Waals surface area (Å²) in [5.41, 5.74) is 3.78. The summed E-state index contributed by atoms with van der Waals surface area (Å²) < 4.78 is 5.46. The fraction of sp³-hybridized carbons (Fsp3) is 0.167. The largest absolute Gasteiger partial charge is 0.507 e. The van der Waals surface area contributed by atoms with Crippen LogP contribution in [0.4, 0.5) is 0 Å². The normalized spacial score (nSPS) is 11.6. The number of hydrogen-bond donors (Lipinski definition) is 1. The summed E-state index contributed by atoms with van der Waals surface area (Å²) in [7, 11) is 0. The molecule has 0 aliphatic rings. The van der Waals surface area contributed by atoms with Crippen LogP contribution in [0.3, 0.4) is 0 Å². The van der Waals surface area contributed by atoms with Gasteiger partial charge in [-0.2, -0.15) is 4.98 Å². The zero-order valence-electron chi connectivity index (χ0n) is 16.5. The molecule has 0 fully saturated rings. The van der Waals surface area contributed by atoms with E-state index in [-0.39, 0.29) is 11.2 Å². The highest BCUT2D eigenvalue weighted by Crippen LogP contribution is 2.41. The number of hydrogen-bond acceptors (Lipinski definition) is 4. The van der Waals surface area contributed by atoms with E-state index in [0.717, 1.165) is 16.7 Å². The molecule has 0 unspecified atom stereocenters. The first kappa shape index (κ1) is 19.2. The van der Waals surface area contributed by atoms with Gasteiger partial charge in [0.1, 0.15) is 5.75 Å². The number of halogens is 1. The van der Waals surface area contributed by atoms with Crippen molar-refractivity contribution in [2.75, 3.05) is 0 Å².